The van der Waals surface area contributed by atoms with Crippen LogP contribution < -0.4 is 0 Å². The standard InChI is InChI=1S/C21H20N2/c1-3-4-15-19-16(2)22-20(17-11-7-5-8-12-17)21(23-19)18-13-9-6-10-14-18/h4-15H,3H2,1-2H3. The quantitative estimate of drug-likeness (QED) is 0.632. The van der Waals surface area contributed by atoms with Crippen LogP contribution in [0.5, 0.6) is 0 Å². The first-order chi connectivity index (χ1) is 11.3. The van der Waals surface area contributed by atoms with E-state index in [0.717, 1.165) is 40.3 Å². The normalized spacial score (nSPS) is 11.0. The van der Waals surface area contributed by atoms with E-state index in [1.54, 1.807) is 0 Å². The molecule has 23 heavy (non-hydrogen) atoms. The third-order valence-corrected chi connectivity index (χ3v) is 3.71. The topological polar surface area (TPSA) is 25.8 Å². The van der Waals surface area contributed by atoms with Crippen LogP contribution in [-0.2, 0) is 0 Å². The predicted molar refractivity (Wildman–Crippen MR) is 97.0 cm³/mol. The van der Waals surface area contributed by atoms with Gasteiger partial charge in [0.1, 0.15) is 0 Å². The number of hydrogen-bond donors (Lipinski definition) is 0. The smallest absolute Gasteiger partial charge is 0.0972 e. The lowest BCUT2D eigenvalue weighted by Gasteiger charge is -2.12. The summed E-state index contributed by atoms with van der Waals surface area (Å²) >= 11 is 0. The maximum Gasteiger partial charge on any atom is 0.0972 e. The Morgan fingerprint density at radius 3 is 1.83 bits per heavy atom. The van der Waals surface area contributed by atoms with Crippen molar-refractivity contribution in [1.29, 1.82) is 0 Å². The average molecular weight is 300 g/mol. The SMILES string of the molecule is CCC=Cc1nc(-c2ccccc2)c(-c2ccccc2)nc1C. The molecule has 0 amide bonds. The Hall–Kier alpha value is -2.74. The molecule has 0 fully saturated rings. The molecule has 3 rings (SSSR count). The first kappa shape index (κ1) is 15.2. The van der Waals surface area contributed by atoms with Crippen molar-refractivity contribution in [1.82, 2.24) is 9.97 Å². The Morgan fingerprint density at radius 2 is 1.30 bits per heavy atom. The van der Waals surface area contributed by atoms with Gasteiger partial charge in [-0.15, -0.1) is 0 Å². The first-order valence-electron chi connectivity index (χ1n) is 7.95. The van der Waals surface area contributed by atoms with Crippen LogP contribution in [-0.4, -0.2) is 9.97 Å². The third-order valence-electron chi connectivity index (χ3n) is 3.71. The van der Waals surface area contributed by atoms with Gasteiger partial charge in [-0.3, -0.25) is 0 Å². The van der Waals surface area contributed by atoms with Gasteiger partial charge in [0.05, 0.1) is 22.8 Å². The lowest BCUT2D eigenvalue weighted by Crippen LogP contribution is -1.99. The Bertz CT molecular complexity index is 806. The van der Waals surface area contributed by atoms with Gasteiger partial charge in [-0.1, -0.05) is 73.7 Å². The second kappa shape index (κ2) is 7.01. The molecule has 0 saturated carbocycles. The number of nitrogens with zero attached hydrogens (tertiary/aromatic N) is 2. The molecule has 0 bridgehead atoms. The number of allylic oxidation sites excluding steroid dienone is 1. The van der Waals surface area contributed by atoms with Gasteiger partial charge in [0.15, 0.2) is 0 Å². The minimum absolute atomic E-state index is 0.929. The summed E-state index contributed by atoms with van der Waals surface area (Å²) in [7, 11) is 0. The van der Waals surface area contributed by atoms with E-state index in [1.807, 2.05) is 43.3 Å². The minimum Gasteiger partial charge on any atom is -0.249 e. The second-order valence-corrected chi connectivity index (χ2v) is 5.43. The van der Waals surface area contributed by atoms with Crippen LogP contribution in [0.4, 0.5) is 0 Å². The van der Waals surface area contributed by atoms with Crippen molar-refractivity contribution in [2.45, 2.75) is 20.3 Å². The highest BCUT2D eigenvalue weighted by Crippen LogP contribution is 2.30. The predicted octanol–water partition coefficient (Wildman–Crippen LogP) is 5.54. The summed E-state index contributed by atoms with van der Waals surface area (Å²) < 4.78 is 0. The molecule has 0 aliphatic heterocycles. The van der Waals surface area contributed by atoms with Crippen LogP contribution in [0.25, 0.3) is 28.6 Å². The summed E-state index contributed by atoms with van der Waals surface area (Å²) in [6.07, 6.45) is 5.17. The fourth-order valence-electron chi connectivity index (χ4n) is 2.51. The van der Waals surface area contributed by atoms with Crippen molar-refractivity contribution >= 4 is 6.08 Å². The molecule has 0 spiro atoms. The molecular formula is C21H20N2. The first-order valence-corrected chi connectivity index (χ1v) is 7.95. The van der Waals surface area contributed by atoms with E-state index >= 15 is 0 Å². The van der Waals surface area contributed by atoms with Crippen molar-refractivity contribution in [2.75, 3.05) is 0 Å². The molecule has 3 aromatic rings. The zero-order chi connectivity index (χ0) is 16.1. The highest BCUT2D eigenvalue weighted by molar-refractivity contribution is 5.78. The van der Waals surface area contributed by atoms with Gasteiger partial charge in [0, 0.05) is 11.1 Å². The lowest BCUT2D eigenvalue weighted by molar-refractivity contribution is 1.10. The van der Waals surface area contributed by atoms with Crippen molar-refractivity contribution in [3.8, 4) is 22.5 Å². The molecule has 0 N–H and O–H groups in total. The fraction of sp³-hybridized carbons (Fsp3) is 0.143. The monoisotopic (exact) mass is 300 g/mol. The van der Waals surface area contributed by atoms with Crippen molar-refractivity contribution in [3.63, 3.8) is 0 Å². The van der Waals surface area contributed by atoms with Crippen LogP contribution in [0.15, 0.2) is 66.7 Å². The zero-order valence-corrected chi connectivity index (χ0v) is 13.5. The van der Waals surface area contributed by atoms with Gasteiger partial charge in [0.2, 0.25) is 0 Å². The molecule has 2 nitrogen and oxygen atoms in total. The largest absolute Gasteiger partial charge is 0.249 e. The van der Waals surface area contributed by atoms with Crippen LogP contribution in [0.2, 0.25) is 0 Å². The summed E-state index contributed by atoms with van der Waals surface area (Å²) in [5.74, 6) is 0. The molecule has 0 atom stereocenters. The number of hydrogen-bond acceptors (Lipinski definition) is 2. The second-order valence-electron chi connectivity index (χ2n) is 5.43. The van der Waals surface area contributed by atoms with Crippen LogP contribution in [0, 0.1) is 6.92 Å². The van der Waals surface area contributed by atoms with E-state index in [-0.39, 0.29) is 0 Å². The number of rotatable bonds is 4. The molecule has 0 saturated heterocycles. The zero-order valence-electron chi connectivity index (χ0n) is 13.5. The van der Waals surface area contributed by atoms with Gasteiger partial charge in [-0.25, -0.2) is 9.97 Å². The molecule has 1 aromatic heterocycles. The Labute approximate surface area is 137 Å². The average Bonchev–Trinajstić information content (AvgIpc) is 2.62. The van der Waals surface area contributed by atoms with Crippen LogP contribution in [0.3, 0.4) is 0 Å². The highest BCUT2D eigenvalue weighted by atomic mass is 14.8. The van der Waals surface area contributed by atoms with Gasteiger partial charge in [-0.05, 0) is 19.4 Å². The fourth-order valence-corrected chi connectivity index (χ4v) is 2.51. The maximum absolute atomic E-state index is 4.91. The summed E-state index contributed by atoms with van der Waals surface area (Å²) in [6, 6.07) is 20.5. The van der Waals surface area contributed by atoms with E-state index in [0.29, 0.717) is 0 Å². The van der Waals surface area contributed by atoms with E-state index in [1.165, 1.54) is 0 Å². The molecule has 0 unspecified atom stereocenters. The third kappa shape index (κ3) is 3.37. The van der Waals surface area contributed by atoms with Crippen molar-refractivity contribution in [3.05, 3.63) is 78.1 Å². The summed E-state index contributed by atoms with van der Waals surface area (Å²) in [4.78, 5) is 9.77. The van der Waals surface area contributed by atoms with Crippen LogP contribution >= 0.6 is 0 Å². The van der Waals surface area contributed by atoms with E-state index in [4.69, 9.17) is 9.97 Å². The highest BCUT2D eigenvalue weighted by Gasteiger charge is 2.13. The molecule has 2 heteroatoms. The Balaban J connectivity index is 2.22. The molecule has 114 valence electrons. The number of aromatic nitrogens is 2. The van der Waals surface area contributed by atoms with E-state index in [9.17, 15) is 0 Å². The number of aryl methyl sites for hydroxylation is 1. The summed E-state index contributed by atoms with van der Waals surface area (Å²) in [5, 5.41) is 0. The lowest BCUT2D eigenvalue weighted by atomic mass is 10.0. The maximum atomic E-state index is 4.91. The number of benzene rings is 2. The van der Waals surface area contributed by atoms with Crippen LogP contribution in [0.1, 0.15) is 24.7 Å². The van der Waals surface area contributed by atoms with Gasteiger partial charge in [-0.2, -0.15) is 0 Å². The molecule has 0 aliphatic carbocycles. The molecule has 2 aromatic carbocycles. The van der Waals surface area contributed by atoms with Crippen molar-refractivity contribution < 1.29 is 0 Å². The molecule has 0 radical (unpaired) electrons. The molecular weight excluding hydrogens is 280 g/mol. The Kier molecular flexibility index (Phi) is 4.62. The van der Waals surface area contributed by atoms with Gasteiger partial charge >= 0.3 is 0 Å². The minimum atomic E-state index is 0.929. The summed E-state index contributed by atoms with van der Waals surface area (Å²) in [5.41, 5.74) is 5.93. The molecule has 0 aliphatic rings. The van der Waals surface area contributed by atoms with Gasteiger partial charge in [0.25, 0.3) is 0 Å². The van der Waals surface area contributed by atoms with E-state index in [2.05, 4.69) is 43.3 Å². The van der Waals surface area contributed by atoms with Gasteiger partial charge < -0.3 is 0 Å². The Morgan fingerprint density at radius 1 is 0.783 bits per heavy atom. The van der Waals surface area contributed by atoms with Crippen molar-refractivity contribution in [2.24, 2.45) is 0 Å². The van der Waals surface area contributed by atoms with E-state index < -0.39 is 0 Å². The summed E-state index contributed by atoms with van der Waals surface area (Å²) in [6.45, 7) is 4.14. The molecule has 1 heterocycles.